The van der Waals surface area contributed by atoms with E-state index in [0.29, 0.717) is 0 Å². The summed E-state index contributed by atoms with van der Waals surface area (Å²) in [6.07, 6.45) is 0. The molecule has 0 amide bonds. The van der Waals surface area contributed by atoms with Crippen molar-refractivity contribution in [1.29, 1.82) is 0 Å². The van der Waals surface area contributed by atoms with Crippen molar-refractivity contribution in [2.75, 3.05) is 0 Å². The zero-order valence-corrected chi connectivity index (χ0v) is 10.2. The minimum absolute atomic E-state index is 0. The Labute approximate surface area is 119 Å². The van der Waals surface area contributed by atoms with Crippen LogP contribution < -0.4 is 56.8 Å². The summed E-state index contributed by atoms with van der Waals surface area (Å²) in [5.74, 6) is -4.30. The molecular formula is C6H3BF5KO. The van der Waals surface area contributed by atoms with Gasteiger partial charge in [0.25, 0.3) is 0 Å². The Bertz CT molecular complexity index is 340. The number of phenolic OH excluding ortho intramolecular Hbond substituents is 1. The van der Waals surface area contributed by atoms with E-state index in [2.05, 4.69) is 0 Å². The molecule has 0 saturated heterocycles. The van der Waals surface area contributed by atoms with Gasteiger partial charge in [-0.15, -0.1) is 0 Å². The average Bonchev–Trinajstić information content (AvgIpc) is 1.94. The SMILES string of the molecule is Oc1cc(F)c([B-](F)(F)F)cc1F.[K+]. The third-order valence-corrected chi connectivity index (χ3v) is 1.42. The molecule has 0 aromatic heterocycles. The van der Waals surface area contributed by atoms with Crippen LogP contribution >= 0.6 is 0 Å². The van der Waals surface area contributed by atoms with E-state index in [9.17, 15) is 21.7 Å². The van der Waals surface area contributed by atoms with Crippen molar-refractivity contribution in [3.63, 3.8) is 0 Å². The number of rotatable bonds is 1. The van der Waals surface area contributed by atoms with Crippen LogP contribution in [-0.4, -0.2) is 12.1 Å². The van der Waals surface area contributed by atoms with E-state index < -0.39 is 29.8 Å². The molecule has 72 valence electrons. The average molecular weight is 236 g/mol. The zero-order chi connectivity index (χ0) is 10.2. The molecule has 0 saturated carbocycles. The van der Waals surface area contributed by atoms with Crippen molar-refractivity contribution in [3.05, 3.63) is 23.8 Å². The zero-order valence-electron chi connectivity index (χ0n) is 7.07. The predicted octanol–water partition coefficient (Wildman–Crippen LogP) is -1.27. The number of phenols is 1. The molecule has 0 radical (unpaired) electrons. The molecule has 0 unspecified atom stereocenters. The Hall–Kier alpha value is 0.371. The summed E-state index contributed by atoms with van der Waals surface area (Å²) in [6, 6.07) is 0.0323. The van der Waals surface area contributed by atoms with Gasteiger partial charge in [0.05, 0.1) is 0 Å². The predicted molar refractivity (Wildman–Crippen MR) is 36.7 cm³/mol. The van der Waals surface area contributed by atoms with Crippen molar-refractivity contribution in [3.8, 4) is 5.75 Å². The molecule has 0 aliphatic rings. The van der Waals surface area contributed by atoms with Gasteiger partial charge in [0.15, 0.2) is 11.6 Å². The van der Waals surface area contributed by atoms with Crippen LogP contribution in [0.5, 0.6) is 5.75 Å². The Morgan fingerprint density at radius 2 is 1.50 bits per heavy atom. The van der Waals surface area contributed by atoms with E-state index in [4.69, 9.17) is 5.11 Å². The summed E-state index contributed by atoms with van der Waals surface area (Å²) >= 11 is 0. The third kappa shape index (κ3) is 3.20. The van der Waals surface area contributed by atoms with E-state index in [1.807, 2.05) is 0 Å². The van der Waals surface area contributed by atoms with Crippen LogP contribution in [0.1, 0.15) is 0 Å². The first-order valence-corrected chi connectivity index (χ1v) is 3.20. The Balaban J connectivity index is 0.00000169. The fourth-order valence-electron chi connectivity index (χ4n) is 0.803. The topological polar surface area (TPSA) is 20.2 Å². The summed E-state index contributed by atoms with van der Waals surface area (Å²) < 4.78 is 60.7. The van der Waals surface area contributed by atoms with E-state index in [0.717, 1.165) is 0 Å². The molecule has 1 aromatic rings. The first kappa shape index (κ1) is 14.4. The second-order valence-corrected chi connectivity index (χ2v) is 2.40. The quantitative estimate of drug-likeness (QED) is 0.476. The molecule has 0 heterocycles. The van der Waals surface area contributed by atoms with Crippen molar-refractivity contribution >= 4 is 12.4 Å². The van der Waals surface area contributed by atoms with Gasteiger partial charge in [0.1, 0.15) is 5.82 Å². The van der Waals surface area contributed by atoms with Crippen LogP contribution in [0.4, 0.5) is 21.7 Å². The van der Waals surface area contributed by atoms with Crippen molar-refractivity contribution < 1.29 is 78.2 Å². The van der Waals surface area contributed by atoms with Crippen LogP contribution in [-0.2, 0) is 0 Å². The molecule has 0 aliphatic heterocycles. The minimum Gasteiger partial charge on any atom is -0.505 e. The molecule has 8 heteroatoms. The van der Waals surface area contributed by atoms with Gasteiger partial charge in [-0.3, -0.25) is 0 Å². The molecule has 0 aliphatic carbocycles. The maximum atomic E-state index is 12.5. The molecule has 1 rings (SSSR count). The van der Waals surface area contributed by atoms with Gasteiger partial charge in [0, 0.05) is 6.07 Å². The summed E-state index contributed by atoms with van der Waals surface area (Å²) in [5.41, 5.74) is -1.67. The van der Waals surface area contributed by atoms with Crippen molar-refractivity contribution in [2.45, 2.75) is 0 Å². The maximum absolute atomic E-state index is 12.5. The number of benzene rings is 1. The molecule has 0 bridgehead atoms. The van der Waals surface area contributed by atoms with Crippen molar-refractivity contribution in [2.24, 2.45) is 0 Å². The third-order valence-electron chi connectivity index (χ3n) is 1.42. The van der Waals surface area contributed by atoms with Gasteiger partial charge in [0.2, 0.25) is 0 Å². The van der Waals surface area contributed by atoms with E-state index in [1.165, 1.54) is 0 Å². The molecule has 0 fully saturated rings. The van der Waals surface area contributed by atoms with Crippen LogP contribution in [0.2, 0.25) is 0 Å². The van der Waals surface area contributed by atoms with Gasteiger partial charge < -0.3 is 18.1 Å². The smallest absolute Gasteiger partial charge is 0.505 e. The normalized spacial score (nSPS) is 10.9. The van der Waals surface area contributed by atoms with Crippen LogP contribution in [0.3, 0.4) is 0 Å². The second-order valence-electron chi connectivity index (χ2n) is 2.40. The van der Waals surface area contributed by atoms with Crippen molar-refractivity contribution in [1.82, 2.24) is 0 Å². The van der Waals surface area contributed by atoms with Gasteiger partial charge in [-0.2, -0.15) is 0 Å². The molecule has 1 nitrogen and oxygen atoms in total. The van der Waals surface area contributed by atoms with E-state index in [1.54, 1.807) is 0 Å². The standard InChI is InChI=1S/C6H3BF5O.K/c8-4-2-6(13)5(9)1-3(4)7(10,11)12;/h1-2,13H;/q-1;+1. The molecular weight excluding hydrogens is 233 g/mol. The number of hydrogen-bond acceptors (Lipinski definition) is 1. The van der Waals surface area contributed by atoms with Gasteiger partial charge in [-0.1, -0.05) is 5.46 Å². The summed E-state index contributed by atoms with van der Waals surface area (Å²) in [6.45, 7) is -5.59. The van der Waals surface area contributed by atoms with E-state index >= 15 is 0 Å². The fraction of sp³-hybridized carbons (Fsp3) is 0. The molecule has 0 spiro atoms. The minimum atomic E-state index is -5.59. The largest absolute Gasteiger partial charge is 1.00 e. The fourth-order valence-corrected chi connectivity index (χ4v) is 0.803. The Morgan fingerprint density at radius 3 is 1.93 bits per heavy atom. The summed E-state index contributed by atoms with van der Waals surface area (Å²) in [4.78, 5) is 0. The number of halogens is 5. The van der Waals surface area contributed by atoms with Gasteiger partial charge in [-0.25, -0.2) is 8.78 Å². The monoisotopic (exact) mass is 236 g/mol. The Kier molecular flexibility index (Phi) is 5.06. The maximum Gasteiger partial charge on any atom is 1.00 e. The van der Waals surface area contributed by atoms with Gasteiger partial charge >= 0.3 is 58.4 Å². The van der Waals surface area contributed by atoms with Crippen LogP contribution in [0, 0.1) is 11.6 Å². The van der Waals surface area contributed by atoms with Crippen LogP contribution in [0.15, 0.2) is 12.1 Å². The molecule has 14 heavy (non-hydrogen) atoms. The molecule has 1 aromatic carbocycles. The number of aromatic hydroxyl groups is 1. The van der Waals surface area contributed by atoms with Gasteiger partial charge in [-0.05, 0) is 6.07 Å². The van der Waals surface area contributed by atoms with E-state index in [-0.39, 0.29) is 63.5 Å². The van der Waals surface area contributed by atoms with Crippen LogP contribution in [0.25, 0.3) is 0 Å². The molecule has 0 atom stereocenters. The first-order chi connectivity index (χ1) is 5.82. The summed E-state index contributed by atoms with van der Waals surface area (Å²) in [7, 11) is 0. The molecule has 1 N–H and O–H groups in total. The first-order valence-electron chi connectivity index (χ1n) is 3.20. The summed E-state index contributed by atoms with van der Waals surface area (Å²) in [5, 5.41) is 8.51. The Morgan fingerprint density at radius 1 is 1.00 bits per heavy atom. The second kappa shape index (κ2) is 4.93. The number of hydrogen-bond donors (Lipinski definition) is 1.